The first-order valence-electron chi connectivity index (χ1n) is 7.75. The van der Waals surface area contributed by atoms with Crippen LogP contribution in [0.4, 0.5) is 25.0 Å². The predicted molar refractivity (Wildman–Crippen MR) is 92.5 cm³/mol. The van der Waals surface area contributed by atoms with E-state index in [2.05, 4.69) is 10.6 Å². The van der Waals surface area contributed by atoms with Gasteiger partial charge in [0.1, 0.15) is 18.2 Å². The van der Waals surface area contributed by atoms with E-state index >= 15 is 0 Å². The van der Waals surface area contributed by atoms with E-state index in [1.54, 1.807) is 6.07 Å². The Hall–Kier alpha value is -2.96. The van der Waals surface area contributed by atoms with Crippen molar-refractivity contribution in [3.63, 3.8) is 0 Å². The number of anilines is 2. The number of aryl methyl sites for hydroxylation is 1. The van der Waals surface area contributed by atoms with E-state index < -0.39 is 17.7 Å². The van der Waals surface area contributed by atoms with Crippen LogP contribution in [0.1, 0.15) is 12.5 Å². The molecule has 2 rings (SSSR count). The fourth-order valence-corrected chi connectivity index (χ4v) is 2.23. The third-order valence-electron chi connectivity index (χ3n) is 3.57. The Kier molecular flexibility index (Phi) is 6.05. The smallest absolute Gasteiger partial charge is 0.322 e. The van der Waals surface area contributed by atoms with E-state index in [1.807, 2.05) is 25.1 Å². The van der Waals surface area contributed by atoms with E-state index in [0.717, 1.165) is 29.0 Å². The van der Waals surface area contributed by atoms with Crippen LogP contribution in [0.5, 0.6) is 0 Å². The topological polar surface area (TPSA) is 61.4 Å². The molecule has 0 heterocycles. The molecule has 0 aliphatic heterocycles. The van der Waals surface area contributed by atoms with Gasteiger partial charge in [0.15, 0.2) is 0 Å². The van der Waals surface area contributed by atoms with Gasteiger partial charge >= 0.3 is 6.03 Å². The van der Waals surface area contributed by atoms with Gasteiger partial charge in [-0.05, 0) is 30.2 Å². The third-order valence-corrected chi connectivity index (χ3v) is 3.57. The van der Waals surface area contributed by atoms with Crippen molar-refractivity contribution in [3.05, 3.63) is 59.7 Å². The standard InChI is InChI=1S/C18H19F2N3O2/c1-3-12-6-4-5-7-15(12)21-17(24)11-23(2)18(25)22-16-9-8-13(19)10-14(16)20/h4-10H,3,11H2,1-2H3,(H,21,24)(H,22,25). The molecule has 0 spiro atoms. The molecule has 2 aromatic rings. The summed E-state index contributed by atoms with van der Waals surface area (Å²) in [5, 5.41) is 5.04. The van der Waals surface area contributed by atoms with Crippen LogP contribution in [0.25, 0.3) is 0 Å². The SMILES string of the molecule is CCc1ccccc1NC(=O)CN(C)C(=O)Nc1ccc(F)cc1F. The Morgan fingerprint density at radius 2 is 1.76 bits per heavy atom. The first kappa shape index (κ1) is 18.4. The van der Waals surface area contributed by atoms with E-state index in [9.17, 15) is 18.4 Å². The fraction of sp³-hybridized carbons (Fsp3) is 0.222. The Bertz CT molecular complexity index is 781. The van der Waals surface area contributed by atoms with Gasteiger partial charge in [-0.15, -0.1) is 0 Å². The number of benzene rings is 2. The molecule has 0 atom stereocenters. The lowest BCUT2D eigenvalue weighted by Crippen LogP contribution is -2.38. The van der Waals surface area contributed by atoms with Crippen LogP contribution in [-0.2, 0) is 11.2 Å². The van der Waals surface area contributed by atoms with Gasteiger partial charge in [0.05, 0.1) is 5.69 Å². The summed E-state index contributed by atoms with van der Waals surface area (Å²) < 4.78 is 26.4. The lowest BCUT2D eigenvalue weighted by atomic mass is 10.1. The average molecular weight is 347 g/mol. The number of likely N-dealkylation sites (N-methyl/N-ethyl adjacent to an activating group) is 1. The van der Waals surface area contributed by atoms with Gasteiger partial charge in [-0.3, -0.25) is 4.79 Å². The summed E-state index contributed by atoms with van der Waals surface area (Å²) in [4.78, 5) is 25.2. The van der Waals surface area contributed by atoms with Gasteiger partial charge in [0.25, 0.3) is 0 Å². The Morgan fingerprint density at radius 3 is 2.44 bits per heavy atom. The van der Waals surface area contributed by atoms with Crippen LogP contribution < -0.4 is 10.6 Å². The summed E-state index contributed by atoms with van der Waals surface area (Å²) in [6, 6.07) is 9.52. The molecule has 0 unspecified atom stereocenters. The van der Waals surface area contributed by atoms with Crippen LogP contribution in [0.3, 0.4) is 0 Å². The first-order chi connectivity index (χ1) is 11.9. The summed E-state index contributed by atoms with van der Waals surface area (Å²) in [5.74, 6) is -2.00. The molecule has 2 aromatic carbocycles. The highest BCUT2D eigenvalue weighted by Gasteiger charge is 2.15. The summed E-state index contributed by atoms with van der Waals surface area (Å²) in [5.41, 5.74) is 1.51. The van der Waals surface area contributed by atoms with Gasteiger partial charge in [0.2, 0.25) is 5.91 Å². The van der Waals surface area contributed by atoms with Crippen LogP contribution in [0.2, 0.25) is 0 Å². The zero-order valence-corrected chi connectivity index (χ0v) is 14.0. The van der Waals surface area contributed by atoms with Crippen molar-refractivity contribution in [2.75, 3.05) is 24.2 Å². The van der Waals surface area contributed by atoms with Gasteiger partial charge in [-0.25, -0.2) is 13.6 Å². The van der Waals surface area contributed by atoms with Crippen molar-refractivity contribution in [2.24, 2.45) is 0 Å². The molecule has 0 aromatic heterocycles. The third kappa shape index (κ3) is 5.00. The second-order valence-electron chi connectivity index (χ2n) is 5.47. The minimum Gasteiger partial charge on any atom is -0.324 e. The molecular formula is C18H19F2N3O2. The molecule has 0 bridgehead atoms. The Labute approximate surface area is 144 Å². The molecule has 0 aliphatic carbocycles. The maximum atomic E-state index is 13.6. The van der Waals surface area contributed by atoms with Crippen LogP contribution in [-0.4, -0.2) is 30.4 Å². The first-order valence-corrected chi connectivity index (χ1v) is 7.75. The molecule has 0 aliphatic rings. The molecule has 2 N–H and O–H groups in total. The highest BCUT2D eigenvalue weighted by molar-refractivity contribution is 5.97. The number of hydrogen-bond acceptors (Lipinski definition) is 2. The van der Waals surface area contributed by atoms with Crippen molar-refractivity contribution in [3.8, 4) is 0 Å². The van der Waals surface area contributed by atoms with Crippen LogP contribution >= 0.6 is 0 Å². The number of carbonyl (C=O) groups excluding carboxylic acids is 2. The van der Waals surface area contributed by atoms with Gasteiger partial charge in [-0.1, -0.05) is 25.1 Å². The molecule has 0 saturated heterocycles. The lowest BCUT2D eigenvalue weighted by Gasteiger charge is -2.18. The molecular weight excluding hydrogens is 328 g/mol. The molecule has 0 radical (unpaired) electrons. The van der Waals surface area contributed by atoms with E-state index in [4.69, 9.17) is 0 Å². The summed E-state index contributed by atoms with van der Waals surface area (Å²) >= 11 is 0. The van der Waals surface area contributed by atoms with Gasteiger partial charge < -0.3 is 15.5 Å². The number of amides is 3. The van der Waals surface area contributed by atoms with Crippen LogP contribution in [0.15, 0.2) is 42.5 Å². The number of urea groups is 1. The predicted octanol–water partition coefficient (Wildman–Crippen LogP) is 3.63. The minimum atomic E-state index is -0.886. The monoisotopic (exact) mass is 347 g/mol. The zero-order chi connectivity index (χ0) is 18.4. The molecule has 7 heteroatoms. The highest BCUT2D eigenvalue weighted by atomic mass is 19.1. The lowest BCUT2D eigenvalue weighted by molar-refractivity contribution is -0.116. The van der Waals surface area contributed by atoms with Crippen molar-refractivity contribution < 1.29 is 18.4 Å². The number of nitrogens with zero attached hydrogens (tertiary/aromatic N) is 1. The van der Waals surface area contributed by atoms with Crippen molar-refractivity contribution in [2.45, 2.75) is 13.3 Å². The highest BCUT2D eigenvalue weighted by Crippen LogP contribution is 2.16. The van der Waals surface area contributed by atoms with Crippen LogP contribution in [0, 0.1) is 11.6 Å². The minimum absolute atomic E-state index is 0.157. The molecule has 132 valence electrons. The number of carbonyl (C=O) groups is 2. The maximum Gasteiger partial charge on any atom is 0.322 e. The number of hydrogen-bond donors (Lipinski definition) is 2. The largest absolute Gasteiger partial charge is 0.324 e. The van der Waals surface area contributed by atoms with Crippen molar-refractivity contribution >= 4 is 23.3 Å². The summed E-state index contributed by atoms with van der Waals surface area (Å²) in [7, 11) is 1.40. The second kappa shape index (κ2) is 8.23. The Morgan fingerprint density at radius 1 is 1.04 bits per heavy atom. The van der Waals surface area contributed by atoms with E-state index in [1.165, 1.54) is 7.05 Å². The number of halogens is 2. The van der Waals surface area contributed by atoms with Gasteiger partial charge in [-0.2, -0.15) is 0 Å². The second-order valence-corrected chi connectivity index (χ2v) is 5.47. The maximum absolute atomic E-state index is 13.6. The zero-order valence-electron chi connectivity index (χ0n) is 14.0. The quantitative estimate of drug-likeness (QED) is 0.868. The van der Waals surface area contributed by atoms with Crippen molar-refractivity contribution in [1.29, 1.82) is 0 Å². The van der Waals surface area contributed by atoms with Crippen molar-refractivity contribution in [1.82, 2.24) is 4.90 Å². The van der Waals surface area contributed by atoms with E-state index in [-0.39, 0.29) is 18.1 Å². The molecule has 5 nitrogen and oxygen atoms in total. The fourth-order valence-electron chi connectivity index (χ4n) is 2.23. The summed E-state index contributed by atoms with van der Waals surface area (Å²) in [6.07, 6.45) is 0.761. The molecule has 3 amide bonds. The summed E-state index contributed by atoms with van der Waals surface area (Å²) in [6.45, 7) is 1.76. The number of rotatable bonds is 5. The molecule has 0 saturated carbocycles. The average Bonchev–Trinajstić information content (AvgIpc) is 2.57. The van der Waals surface area contributed by atoms with E-state index in [0.29, 0.717) is 11.8 Å². The molecule has 25 heavy (non-hydrogen) atoms. The van der Waals surface area contributed by atoms with Gasteiger partial charge in [0, 0.05) is 18.8 Å². The molecule has 0 fully saturated rings. The Balaban J connectivity index is 1.95. The number of nitrogens with one attached hydrogen (secondary N) is 2. The number of para-hydroxylation sites is 1. The normalized spacial score (nSPS) is 10.2.